The van der Waals surface area contributed by atoms with E-state index >= 15 is 0 Å². The van der Waals surface area contributed by atoms with E-state index in [4.69, 9.17) is 28.4 Å². The molecule has 2 bridgehead atoms. The zero-order chi connectivity index (χ0) is 21.3. The Morgan fingerprint density at radius 3 is 2.50 bits per heavy atom. The van der Waals surface area contributed by atoms with E-state index in [2.05, 4.69) is 0 Å². The van der Waals surface area contributed by atoms with E-state index in [9.17, 15) is 14.4 Å². The second-order valence-corrected chi connectivity index (χ2v) is 9.25. The van der Waals surface area contributed by atoms with Crippen LogP contribution in [0.4, 0.5) is 4.79 Å². The van der Waals surface area contributed by atoms with Gasteiger partial charge in [-0.05, 0) is 20.8 Å². The van der Waals surface area contributed by atoms with Crippen molar-refractivity contribution in [2.45, 2.75) is 45.2 Å². The molecule has 2 spiro atoms. The summed E-state index contributed by atoms with van der Waals surface area (Å²) in [6.07, 6.45) is 2.14. The summed E-state index contributed by atoms with van der Waals surface area (Å²) in [6.45, 7) is 6.20. The first kappa shape index (κ1) is 19.8. The maximum atomic E-state index is 12.9. The minimum absolute atomic E-state index is 0.0528. The predicted molar refractivity (Wildman–Crippen MR) is 97.8 cm³/mol. The van der Waals surface area contributed by atoms with Gasteiger partial charge in [-0.1, -0.05) is 12.2 Å². The third-order valence-electron chi connectivity index (χ3n) is 7.45. The number of esters is 2. The molecule has 5 aliphatic rings. The topological polar surface area (TPSA) is 107 Å². The maximum absolute atomic E-state index is 12.9. The predicted octanol–water partition coefficient (Wildman–Crippen LogP) is 1.59. The summed E-state index contributed by atoms with van der Waals surface area (Å²) in [5.74, 6) is -3.64. The lowest BCUT2D eigenvalue weighted by atomic mass is 9.46. The fraction of sp³-hybridized carbons (Fsp3) is 0.762. The summed E-state index contributed by atoms with van der Waals surface area (Å²) < 4.78 is 33.9. The Hall–Kier alpha value is -2.13. The van der Waals surface area contributed by atoms with Crippen molar-refractivity contribution in [2.75, 3.05) is 26.4 Å². The average molecular weight is 422 g/mol. The molecule has 3 heterocycles. The van der Waals surface area contributed by atoms with Gasteiger partial charge in [-0.25, -0.2) is 4.79 Å². The van der Waals surface area contributed by atoms with Crippen molar-refractivity contribution >= 4 is 18.1 Å². The minimum atomic E-state index is -0.909. The molecule has 4 fully saturated rings. The van der Waals surface area contributed by atoms with Crippen LogP contribution in [-0.4, -0.2) is 62.5 Å². The largest absolute Gasteiger partial charge is 0.508 e. The van der Waals surface area contributed by atoms with E-state index < -0.39 is 58.8 Å². The molecule has 9 heteroatoms. The fourth-order valence-electron chi connectivity index (χ4n) is 6.05. The Morgan fingerprint density at radius 1 is 1.10 bits per heavy atom. The third kappa shape index (κ3) is 2.51. The van der Waals surface area contributed by atoms with Crippen LogP contribution in [0.5, 0.6) is 0 Å². The van der Waals surface area contributed by atoms with Gasteiger partial charge in [0, 0.05) is 12.3 Å². The van der Waals surface area contributed by atoms with Crippen molar-refractivity contribution < 1.29 is 42.8 Å². The molecule has 0 aromatic carbocycles. The SMILES string of the molecule is CCOC(=O)[C@H]1C=C[C@H]2C3(COC(C)(C)OC3)[C@H]3C[C@H](OC(=O)O3)[C@@]23COC(=O)[C@@H]13. The van der Waals surface area contributed by atoms with E-state index in [-0.39, 0.29) is 32.3 Å². The zero-order valence-corrected chi connectivity index (χ0v) is 17.3. The van der Waals surface area contributed by atoms with Crippen LogP contribution >= 0.6 is 0 Å². The van der Waals surface area contributed by atoms with Gasteiger partial charge in [0.15, 0.2) is 5.79 Å². The number of carbonyl (C=O) groups is 3. The van der Waals surface area contributed by atoms with Crippen molar-refractivity contribution in [1.29, 1.82) is 0 Å². The van der Waals surface area contributed by atoms with E-state index in [1.165, 1.54) is 0 Å². The minimum Gasteiger partial charge on any atom is -0.466 e. The van der Waals surface area contributed by atoms with Crippen LogP contribution in [0.15, 0.2) is 12.2 Å². The van der Waals surface area contributed by atoms with Crippen LogP contribution < -0.4 is 0 Å². The molecule has 0 aromatic rings. The maximum Gasteiger partial charge on any atom is 0.508 e. The highest BCUT2D eigenvalue weighted by Gasteiger charge is 2.75. The standard InChI is InChI=1S/C21H26O9/c1-4-25-16(22)11-5-6-12-20(8-27-19(2,3)28-9-20)13-7-14(30-18(24)29-13)21(12)10-26-17(23)15(11)21/h5-6,11-15H,4,7-10H2,1-3H3/t11-,12-,13+,14-,15+,21+/m0/s1. The van der Waals surface area contributed by atoms with Gasteiger partial charge in [-0.2, -0.15) is 0 Å². The number of hydrogen-bond donors (Lipinski definition) is 0. The molecule has 0 aromatic heterocycles. The van der Waals surface area contributed by atoms with Crippen molar-refractivity contribution in [3.05, 3.63) is 12.2 Å². The second kappa shape index (κ2) is 6.43. The zero-order valence-electron chi connectivity index (χ0n) is 17.3. The van der Waals surface area contributed by atoms with Gasteiger partial charge in [-0.3, -0.25) is 9.59 Å². The second-order valence-electron chi connectivity index (χ2n) is 9.25. The van der Waals surface area contributed by atoms with Crippen LogP contribution in [0.3, 0.4) is 0 Å². The molecule has 9 nitrogen and oxygen atoms in total. The van der Waals surface area contributed by atoms with Crippen molar-refractivity contribution in [1.82, 2.24) is 0 Å². The molecule has 0 radical (unpaired) electrons. The van der Waals surface area contributed by atoms with E-state index in [1.54, 1.807) is 13.0 Å². The van der Waals surface area contributed by atoms with Gasteiger partial charge in [0.25, 0.3) is 0 Å². The van der Waals surface area contributed by atoms with Crippen molar-refractivity contribution in [3.63, 3.8) is 0 Å². The molecular formula is C21H26O9. The molecule has 2 aliphatic carbocycles. The van der Waals surface area contributed by atoms with Gasteiger partial charge in [0.05, 0.1) is 42.5 Å². The molecule has 30 heavy (non-hydrogen) atoms. The molecule has 3 saturated heterocycles. The summed E-state index contributed by atoms with van der Waals surface area (Å²) >= 11 is 0. The van der Waals surface area contributed by atoms with Crippen LogP contribution in [0, 0.1) is 28.6 Å². The van der Waals surface area contributed by atoms with Crippen LogP contribution in [-0.2, 0) is 38.0 Å². The van der Waals surface area contributed by atoms with E-state index in [0.717, 1.165) is 0 Å². The third-order valence-corrected chi connectivity index (χ3v) is 7.45. The average Bonchev–Trinajstić information content (AvgIpc) is 3.05. The molecule has 3 aliphatic heterocycles. The van der Waals surface area contributed by atoms with Crippen LogP contribution in [0.25, 0.3) is 0 Å². The van der Waals surface area contributed by atoms with Gasteiger partial charge in [0.1, 0.15) is 18.8 Å². The Bertz CT molecular complexity index is 807. The number of rotatable bonds is 2. The fourth-order valence-corrected chi connectivity index (χ4v) is 6.05. The lowest BCUT2D eigenvalue weighted by Gasteiger charge is -2.62. The number of fused-ring (bicyclic) bond motifs is 4. The Morgan fingerprint density at radius 2 is 1.80 bits per heavy atom. The first-order valence-electron chi connectivity index (χ1n) is 10.4. The molecule has 164 valence electrons. The Labute approximate surface area is 173 Å². The van der Waals surface area contributed by atoms with Gasteiger partial charge in [0.2, 0.25) is 0 Å². The highest BCUT2D eigenvalue weighted by Crippen LogP contribution is 2.65. The molecule has 6 atom stereocenters. The van der Waals surface area contributed by atoms with Gasteiger partial charge in [-0.15, -0.1) is 0 Å². The number of hydrogen-bond acceptors (Lipinski definition) is 9. The van der Waals surface area contributed by atoms with Crippen molar-refractivity contribution in [3.8, 4) is 0 Å². The summed E-state index contributed by atoms with van der Waals surface area (Å²) in [4.78, 5) is 37.9. The highest BCUT2D eigenvalue weighted by molar-refractivity contribution is 5.86. The molecule has 0 N–H and O–H groups in total. The Balaban J connectivity index is 1.64. The van der Waals surface area contributed by atoms with E-state index in [0.29, 0.717) is 6.42 Å². The molecule has 0 unspecified atom stereocenters. The number of cyclic esters (lactones) is 1. The summed E-state index contributed by atoms with van der Waals surface area (Å²) in [5.41, 5.74) is -1.62. The van der Waals surface area contributed by atoms with Crippen LogP contribution in [0.2, 0.25) is 0 Å². The summed E-state index contributed by atoms with van der Waals surface area (Å²) in [6, 6.07) is 0. The summed E-state index contributed by atoms with van der Waals surface area (Å²) in [7, 11) is 0. The first-order valence-corrected chi connectivity index (χ1v) is 10.4. The number of allylic oxidation sites excluding steroid dienone is 1. The lowest BCUT2D eigenvalue weighted by Crippen LogP contribution is -2.71. The normalized spacial score (nSPS) is 42.4. The van der Waals surface area contributed by atoms with Gasteiger partial charge >= 0.3 is 18.1 Å². The smallest absolute Gasteiger partial charge is 0.466 e. The number of carbonyl (C=O) groups excluding carboxylic acids is 3. The monoisotopic (exact) mass is 422 g/mol. The Kier molecular flexibility index (Phi) is 4.25. The van der Waals surface area contributed by atoms with Crippen molar-refractivity contribution in [2.24, 2.45) is 28.6 Å². The van der Waals surface area contributed by atoms with Gasteiger partial charge < -0.3 is 28.4 Å². The lowest BCUT2D eigenvalue weighted by molar-refractivity contribution is -0.338. The quantitative estimate of drug-likeness (QED) is 0.372. The highest BCUT2D eigenvalue weighted by atomic mass is 16.7. The van der Waals surface area contributed by atoms with Crippen LogP contribution in [0.1, 0.15) is 27.2 Å². The molecule has 0 amide bonds. The molecule has 1 saturated carbocycles. The number of ether oxygens (including phenoxy) is 6. The molecular weight excluding hydrogens is 396 g/mol. The van der Waals surface area contributed by atoms with E-state index in [1.807, 2.05) is 19.9 Å². The molecule has 5 rings (SSSR count). The first-order chi connectivity index (χ1) is 14.2. The summed E-state index contributed by atoms with van der Waals surface area (Å²) in [5, 5.41) is 0.